The largest absolute Gasteiger partial charge is 0.275 e. The molecule has 3 nitrogen and oxygen atoms in total. The van der Waals surface area contributed by atoms with Crippen LogP contribution in [0.4, 0.5) is 0 Å². The first-order valence-corrected chi connectivity index (χ1v) is 4.91. The molecule has 0 radical (unpaired) electrons. The van der Waals surface area contributed by atoms with Crippen molar-refractivity contribution in [2.24, 2.45) is 0 Å². The molecule has 0 spiro atoms. The van der Waals surface area contributed by atoms with Gasteiger partial charge in [-0.05, 0) is 12.5 Å². The Balaban J connectivity index is 2.91. The summed E-state index contributed by atoms with van der Waals surface area (Å²) < 4.78 is 0. The van der Waals surface area contributed by atoms with E-state index >= 15 is 0 Å². The van der Waals surface area contributed by atoms with Crippen LogP contribution in [-0.2, 0) is 9.59 Å². The highest BCUT2D eigenvalue weighted by atomic mass is 16.2. The molecule has 2 amide bonds. The lowest BCUT2D eigenvalue weighted by Gasteiger charge is -2.23. The first-order chi connectivity index (χ1) is 7.11. The van der Waals surface area contributed by atoms with Gasteiger partial charge in [0.15, 0.2) is 0 Å². The van der Waals surface area contributed by atoms with Gasteiger partial charge in [0.05, 0.1) is 6.04 Å². The van der Waals surface area contributed by atoms with Gasteiger partial charge < -0.3 is 0 Å². The van der Waals surface area contributed by atoms with Gasteiger partial charge in [-0.15, -0.1) is 0 Å². The van der Waals surface area contributed by atoms with Crippen LogP contribution >= 0.6 is 0 Å². The van der Waals surface area contributed by atoms with Crippen LogP contribution in [0.25, 0.3) is 0 Å². The zero-order chi connectivity index (χ0) is 11.4. The first-order valence-electron chi connectivity index (χ1n) is 4.91. The van der Waals surface area contributed by atoms with Gasteiger partial charge in [0.25, 0.3) is 0 Å². The number of rotatable bonds is 4. The zero-order valence-corrected chi connectivity index (χ0v) is 8.90. The third kappa shape index (κ3) is 2.24. The van der Waals surface area contributed by atoms with Crippen LogP contribution in [0.15, 0.2) is 37.0 Å². The van der Waals surface area contributed by atoms with E-state index in [4.69, 9.17) is 0 Å². The standard InChI is InChI=1S/C12H15NO2/c1-4-6-10(5-2)9(3)13-11(14)7-8-12(13)15/h4-6,9H,1-2,7-8H2,3H3/b10-6+. The summed E-state index contributed by atoms with van der Waals surface area (Å²) in [6.07, 6.45) is 5.67. The molecule has 1 aliphatic rings. The molecule has 1 unspecified atom stereocenters. The fourth-order valence-electron chi connectivity index (χ4n) is 1.69. The number of imide groups is 1. The Morgan fingerprint density at radius 1 is 1.33 bits per heavy atom. The van der Waals surface area contributed by atoms with E-state index in [9.17, 15) is 9.59 Å². The Bertz CT molecular complexity index is 326. The van der Waals surface area contributed by atoms with Gasteiger partial charge in [-0.2, -0.15) is 0 Å². The normalized spacial score (nSPS) is 19.3. The van der Waals surface area contributed by atoms with Gasteiger partial charge in [0.1, 0.15) is 0 Å². The summed E-state index contributed by atoms with van der Waals surface area (Å²) in [5.41, 5.74) is 0.827. The van der Waals surface area contributed by atoms with E-state index in [2.05, 4.69) is 13.2 Å². The maximum Gasteiger partial charge on any atom is 0.230 e. The van der Waals surface area contributed by atoms with Crippen LogP contribution in [0, 0.1) is 0 Å². The number of carbonyl (C=O) groups is 2. The number of hydrogen-bond acceptors (Lipinski definition) is 2. The minimum atomic E-state index is -0.247. The summed E-state index contributed by atoms with van der Waals surface area (Å²) in [6, 6.07) is -0.247. The molecule has 0 aromatic heterocycles. The van der Waals surface area contributed by atoms with E-state index in [0.29, 0.717) is 12.8 Å². The Morgan fingerprint density at radius 2 is 1.87 bits per heavy atom. The molecule has 0 saturated carbocycles. The zero-order valence-electron chi connectivity index (χ0n) is 8.90. The highest BCUT2D eigenvalue weighted by Gasteiger charge is 2.33. The van der Waals surface area contributed by atoms with Crippen LogP contribution < -0.4 is 0 Å². The molecule has 80 valence electrons. The Hall–Kier alpha value is -1.64. The van der Waals surface area contributed by atoms with Crippen molar-refractivity contribution in [1.29, 1.82) is 0 Å². The number of likely N-dealkylation sites (tertiary alicyclic amines) is 1. The highest BCUT2D eigenvalue weighted by Crippen LogP contribution is 2.20. The van der Waals surface area contributed by atoms with Gasteiger partial charge in [0, 0.05) is 12.8 Å². The molecule has 0 aromatic rings. The van der Waals surface area contributed by atoms with Gasteiger partial charge in [0.2, 0.25) is 11.8 Å². The number of nitrogens with zero attached hydrogens (tertiary/aromatic N) is 1. The van der Waals surface area contributed by atoms with Crippen molar-refractivity contribution in [3.8, 4) is 0 Å². The molecule has 1 saturated heterocycles. The van der Waals surface area contributed by atoms with Crippen molar-refractivity contribution >= 4 is 11.8 Å². The van der Waals surface area contributed by atoms with Crippen molar-refractivity contribution in [2.75, 3.05) is 0 Å². The molecule has 0 bridgehead atoms. The molecule has 1 atom stereocenters. The van der Waals surface area contributed by atoms with E-state index in [0.717, 1.165) is 5.57 Å². The summed E-state index contributed by atoms with van der Waals surface area (Å²) in [4.78, 5) is 24.2. The third-order valence-corrected chi connectivity index (χ3v) is 2.51. The molecule has 1 rings (SSSR count). The molecule has 3 heteroatoms. The average Bonchev–Trinajstić information content (AvgIpc) is 2.54. The quantitative estimate of drug-likeness (QED) is 0.518. The molecule has 0 aliphatic carbocycles. The second-order valence-corrected chi connectivity index (χ2v) is 3.44. The Kier molecular flexibility index (Phi) is 3.61. The summed E-state index contributed by atoms with van der Waals surface area (Å²) in [6.45, 7) is 9.06. The lowest BCUT2D eigenvalue weighted by molar-refractivity contribution is -0.139. The SMILES string of the molecule is C=C/C=C(\C=C)C(C)N1C(=O)CCC1=O. The van der Waals surface area contributed by atoms with Crippen molar-refractivity contribution in [2.45, 2.75) is 25.8 Å². The van der Waals surface area contributed by atoms with Gasteiger partial charge in [-0.25, -0.2) is 0 Å². The van der Waals surface area contributed by atoms with Crippen LogP contribution in [0.1, 0.15) is 19.8 Å². The lowest BCUT2D eigenvalue weighted by atomic mass is 10.1. The smallest absolute Gasteiger partial charge is 0.230 e. The minimum Gasteiger partial charge on any atom is -0.275 e. The molecule has 15 heavy (non-hydrogen) atoms. The summed E-state index contributed by atoms with van der Waals surface area (Å²) in [5.74, 6) is -0.214. The predicted molar refractivity (Wildman–Crippen MR) is 59.0 cm³/mol. The molecule has 1 aliphatic heterocycles. The molecule has 1 fully saturated rings. The molecule has 1 heterocycles. The monoisotopic (exact) mass is 205 g/mol. The van der Waals surface area contributed by atoms with Gasteiger partial charge in [-0.1, -0.05) is 31.4 Å². The van der Waals surface area contributed by atoms with Crippen molar-refractivity contribution < 1.29 is 9.59 Å². The van der Waals surface area contributed by atoms with E-state index in [1.54, 1.807) is 18.2 Å². The topological polar surface area (TPSA) is 37.4 Å². The number of allylic oxidation sites excluding steroid dienone is 2. The first kappa shape index (κ1) is 11.4. The lowest BCUT2D eigenvalue weighted by Crippen LogP contribution is -2.38. The second-order valence-electron chi connectivity index (χ2n) is 3.44. The van der Waals surface area contributed by atoms with E-state index < -0.39 is 0 Å². The van der Waals surface area contributed by atoms with Gasteiger partial charge >= 0.3 is 0 Å². The Morgan fingerprint density at radius 3 is 2.27 bits per heavy atom. The second kappa shape index (κ2) is 4.73. The fraction of sp³-hybridized carbons (Fsp3) is 0.333. The fourth-order valence-corrected chi connectivity index (χ4v) is 1.69. The van der Waals surface area contributed by atoms with E-state index in [-0.39, 0.29) is 17.9 Å². The number of carbonyl (C=O) groups excluding carboxylic acids is 2. The van der Waals surface area contributed by atoms with Crippen LogP contribution in [0.5, 0.6) is 0 Å². The summed E-state index contributed by atoms with van der Waals surface area (Å²) >= 11 is 0. The third-order valence-electron chi connectivity index (χ3n) is 2.51. The summed E-state index contributed by atoms with van der Waals surface area (Å²) in [7, 11) is 0. The van der Waals surface area contributed by atoms with Crippen molar-refractivity contribution in [1.82, 2.24) is 4.90 Å². The number of amides is 2. The molecule has 0 N–H and O–H groups in total. The predicted octanol–water partition coefficient (Wildman–Crippen LogP) is 1.82. The average molecular weight is 205 g/mol. The number of hydrogen-bond donors (Lipinski definition) is 0. The van der Waals surface area contributed by atoms with E-state index in [1.807, 2.05) is 6.92 Å². The van der Waals surface area contributed by atoms with E-state index in [1.165, 1.54) is 4.90 Å². The molecular weight excluding hydrogens is 190 g/mol. The van der Waals surface area contributed by atoms with Crippen molar-refractivity contribution in [3.05, 3.63) is 37.0 Å². The van der Waals surface area contributed by atoms with Crippen LogP contribution in [0.3, 0.4) is 0 Å². The highest BCUT2D eigenvalue weighted by molar-refractivity contribution is 6.02. The minimum absolute atomic E-state index is 0.107. The molecular formula is C12H15NO2. The van der Waals surface area contributed by atoms with Crippen LogP contribution in [0.2, 0.25) is 0 Å². The van der Waals surface area contributed by atoms with Crippen molar-refractivity contribution in [3.63, 3.8) is 0 Å². The molecule has 0 aromatic carbocycles. The van der Waals surface area contributed by atoms with Crippen LogP contribution in [-0.4, -0.2) is 22.8 Å². The summed E-state index contributed by atoms with van der Waals surface area (Å²) in [5, 5.41) is 0. The maximum absolute atomic E-state index is 11.5. The maximum atomic E-state index is 11.5. The Labute approximate surface area is 89.8 Å². The van der Waals surface area contributed by atoms with Gasteiger partial charge in [-0.3, -0.25) is 14.5 Å².